The third-order valence-corrected chi connectivity index (χ3v) is 5.73. The molecule has 0 spiro atoms. The second kappa shape index (κ2) is 9.16. The van der Waals surface area contributed by atoms with Crippen molar-refractivity contribution in [2.75, 3.05) is 10.2 Å². The minimum Gasteiger partial charge on any atom is -0.421 e. The second-order valence-electron chi connectivity index (χ2n) is 6.63. The summed E-state index contributed by atoms with van der Waals surface area (Å²) in [6.45, 7) is 0. The molecule has 0 unspecified atom stereocenters. The molecule has 3 aromatic rings. The van der Waals surface area contributed by atoms with E-state index in [9.17, 15) is 14.4 Å². The number of anilines is 2. The fourth-order valence-corrected chi connectivity index (χ4v) is 3.61. The van der Waals surface area contributed by atoms with E-state index in [1.165, 1.54) is 12.1 Å². The van der Waals surface area contributed by atoms with Crippen molar-refractivity contribution >= 4 is 68.3 Å². The van der Waals surface area contributed by atoms with Gasteiger partial charge < -0.3 is 10.1 Å². The fraction of sp³-hybridized carbons (Fsp3) is 0. The maximum absolute atomic E-state index is 12.8. The van der Waals surface area contributed by atoms with Crippen LogP contribution in [0.5, 0.6) is 5.75 Å². The van der Waals surface area contributed by atoms with Crippen molar-refractivity contribution in [2.45, 2.75) is 0 Å². The van der Waals surface area contributed by atoms with Gasteiger partial charge in [-0.1, -0.05) is 51.3 Å². The number of amides is 2. The maximum atomic E-state index is 12.8. The average Bonchev–Trinajstić information content (AvgIpc) is 3.00. The molecule has 1 aliphatic rings. The van der Waals surface area contributed by atoms with Crippen LogP contribution < -0.4 is 15.0 Å². The van der Waals surface area contributed by atoms with Crippen LogP contribution in [0.25, 0.3) is 0 Å². The van der Waals surface area contributed by atoms with Gasteiger partial charge in [0.1, 0.15) is 16.5 Å². The average molecular weight is 532 g/mol. The number of esters is 1. The number of hydrogen-bond donors (Lipinski definition) is 1. The monoisotopic (exact) mass is 530 g/mol. The van der Waals surface area contributed by atoms with Gasteiger partial charge in [0.25, 0.3) is 11.8 Å². The van der Waals surface area contributed by atoms with Crippen molar-refractivity contribution in [3.05, 3.63) is 98.6 Å². The summed E-state index contributed by atoms with van der Waals surface area (Å²) in [6, 6.07) is 19.5. The summed E-state index contributed by atoms with van der Waals surface area (Å²) in [5.74, 6) is -1.54. The summed E-state index contributed by atoms with van der Waals surface area (Å²) in [6.07, 6.45) is 0. The molecule has 1 heterocycles. The highest BCUT2D eigenvalue weighted by atomic mass is 79.9. The molecule has 0 radical (unpaired) electrons. The fourth-order valence-electron chi connectivity index (χ4n) is 2.96. The lowest BCUT2D eigenvalue weighted by molar-refractivity contribution is -0.120. The summed E-state index contributed by atoms with van der Waals surface area (Å²) in [4.78, 5) is 38.7. The van der Waals surface area contributed by atoms with Crippen LogP contribution >= 0.6 is 39.1 Å². The first-order valence-electron chi connectivity index (χ1n) is 9.23. The molecule has 9 heteroatoms. The lowest BCUT2D eigenvalue weighted by Crippen LogP contribution is -2.32. The highest BCUT2D eigenvalue weighted by Crippen LogP contribution is 2.31. The maximum Gasteiger partial charge on any atom is 0.343 e. The Hall–Kier alpha value is -3.13. The number of carbonyl (C=O) groups is 3. The first kappa shape index (κ1) is 22.1. The Bertz CT molecular complexity index is 1260. The van der Waals surface area contributed by atoms with E-state index in [2.05, 4.69) is 21.2 Å². The predicted octanol–water partition coefficient (Wildman–Crippen LogP) is 5.76. The van der Waals surface area contributed by atoms with Crippen molar-refractivity contribution in [3.8, 4) is 5.75 Å². The zero-order valence-electron chi connectivity index (χ0n) is 16.1. The lowest BCUT2D eigenvalue weighted by Gasteiger charge is -2.15. The van der Waals surface area contributed by atoms with E-state index < -0.39 is 17.8 Å². The van der Waals surface area contributed by atoms with Crippen molar-refractivity contribution in [3.63, 3.8) is 0 Å². The Morgan fingerprint density at radius 3 is 2.19 bits per heavy atom. The number of para-hydroxylation sites is 1. The van der Waals surface area contributed by atoms with Crippen molar-refractivity contribution in [2.24, 2.45) is 0 Å². The second-order valence-corrected chi connectivity index (χ2v) is 8.33. The van der Waals surface area contributed by atoms with Crippen LogP contribution in [0, 0.1) is 0 Å². The molecular weight excluding hydrogens is 519 g/mol. The standard InChI is InChI=1S/C23H13BrCl2N2O4/c24-14-7-11-16(12-8-14)28-21(29)19(26)20(22(28)30)27-15-9-5-13(6-10-15)23(31)32-18-4-2-1-3-17(18)25/h1-12,27H. The molecule has 1 aliphatic heterocycles. The molecule has 0 saturated carbocycles. The molecule has 3 aromatic carbocycles. The van der Waals surface area contributed by atoms with Crippen LogP contribution in [0.15, 0.2) is 88.0 Å². The SMILES string of the molecule is O=C(Oc1ccccc1Cl)c1ccc(NC2=C(Cl)C(=O)N(c3ccc(Br)cc3)C2=O)cc1. The number of nitrogens with zero attached hydrogens (tertiary/aromatic N) is 1. The smallest absolute Gasteiger partial charge is 0.343 e. The number of nitrogens with one attached hydrogen (secondary N) is 1. The Morgan fingerprint density at radius 1 is 0.875 bits per heavy atom. The Morgan fingerprint density at radius 2 is 1.53 bits per heavy atom. The van der Waals surface area contributed by atoms with Crippen molar-refractivity contribution < 1.29 is 19.1 Å². The summed E-state index contributed by atoms with van der Waals surface area (Å²) >= 11 is 15.5. The third-order valence-electron chi connectivity index (χ3n) is 4.54. The minimum absolute atomic E-state index is 0.0500. The van der Waals surface area contributed by atoms with E-state index in [1.54, 1.807) is 60.7 Å². The Labute approximate surface area is 201 Å². The number of imide groups is 1. The van der Waals surface area contributed by atoms with Gasteiger partial charge in [-0.05, 0) is 60.7 Å². The van der Waals surface area contributed by atoms with E-state index in [0.29, 0.717) is 16.4 Å². The molecule has 160 valence electrons. The molecule has 0 aliphatic carbocycles. The van der Waals surface area contributed by atoms with Crippen LogP contribution in [0.3, 0.4) is 0 Å². The van der Waals surface area contributed by atoms with Crippen LogP contribution in [-0.4, -0.2) is 17.8 Å². The van der Waals surface area contributed by atoms with Crippen LogP contribution in [0.2, 0.25) is 5.02 Å². The quantitative estimate of drug-likeness (QED) is 0.257. The molecule has 0 bridgehead atoms. The zero-order valence-corrected chi connectivity index (χ0v) is 19.2. The largest absolute Gasteiger partial charge is 0.421 e. The molecule has 0 atom stereocenters. The molecule has 1 N–H and O–H groups in total. The van der Waals surface area contributed by atoms with Crippen LogP contribution in [0.1, 0.15) is 10.4 Å². The Balaban J connectivity index is 1.49. The number of halogens is 3. The van der Waals surface area contributed by atoms with Gasteiger partial charge >= 0.3 is 5.97 Å². The lowest BCUT2D eigenvalue weighted by atomic mass is 10.2. The normalized spacial score (nSPS) is 13.5. The molecule has 6 nitrogen and oxygen atoms in total. The zero-order chi connectivity index (χ0) is 22.8. The molecule has 2 amide bonds. The highest BCUT2D eigenvalue weighted by Gasteiger charge is 2.38. The molecular formula is C23H13BrCl2N2O4. The van der Waals surface area contributed by atoms with E-state index in [0.717, 1.165) is 9.37 Å². The van der Waals surface area contributed by atoms with Gasteiger partial charge in [0.15, 0.2) is 0 Å². The topological polar surface area (TPSA) is 75.7 Å². The van der Waals surface area contributed by atoms with E-state index in [1.807, 2.05) is 0 Å². The highest BCUT2D eigenvalue weighted by molar-refractivity contribution is 9.10. The number of hydrogen-bond acceptors (Lipinski definition) is 5. The summed E-state index contributed by atoms with van der Waals surface area (Å²) in [5, 5.41) is 2.96. The van der Waals surface area contributed by atoms with Gasteiger partial charge in [0.05, 0.1) is 16.3 Å². The van der Waals surface area contributed by atoms with Gasteiger partial charge in [-0.3, -0.25) is 9.59 Å². The summed E-state index contributed by atoms with van der Waals surface area (Å²) in [7, 11) is 0. The molecule has 0 fully saturated rings. The van der Waals surface area contributed by atoms with Crippen molar-refractivity contribution in [1.29, 1.82) is 0 Å². The molecule has 4 rings (SSSR count). The van der Waals surface area contributed by atoms with Crippen LogP contribution in [0.4, 0.5) is 11.4 Å². The van der Waals surface area contributed by atoms with Crippen molar-refractivity contribution in [1.82, 2.24) is 0 Å². The van der Waals surface area contributed by atoms with E-state index in [-0.39, 0.29) is 22.0 Å². The third kappa shape index (κ3) is 4.41. The minimum atomic E-state index is -0.624. The summed E-state index contributed by atoms with van der Waals surface area (Å²) < 4.78 is 6.10. The van der Waals surface area contributed by atoms with Crippen LogP contribution in [-0.2, 0) is 9.59 Å². The Kier molecular flexibility index (Phi) is 6.32. The first-order valence-corrected chi connectivity index (χ1v) is 10.8. The van der Waals surface area contributed by atoms with E-state index in [4.69, 9.17) is 27.9 Å². The predicted molar refractivity (Wildman–Crippen MR) is 126 cm³/mol. The number of ether oxygens (including phenoxy) is 1. The number of rotatable bonds is 5. The molecule has 0 saturated heterocycles. The molecule has 32 heavy (non-hydrogen) atoms. The van der Waals surface area contributed by atoms with Gasteiger partial charge in [-0.25, -0.2) is 9.69 Å². The molecule has 0 aromatic heterocycles. The van der Waals surface area contributed by atoms with Gasteiger partial charge in [-0.15, -0.1) is 0 Å². The summed E-state index contributed by atoms with van der Waals surface area (Å²) in [5.41, 5.74) is 1.09. The van der Waals surface area contributed by atoms with E-state index >= 15 is 0 Å². The number of benzene rings is 3. The van der Waals surface area contributed by atoms with Gasteiger partial charge in [0.2, 0.25) is 0 Å². The number of carbonyl (C=O) groups excluding carboxylic acids is 3. The first-order chi connectivity index (χ1) is 15.3. The van der Waals surface area contributed by atoms with Gasteiger partial charge in [-0.2, -0.15) is 0 Å². The van der Waals surface area contributed by atoms with Gasteiger partial charge in [0, 0.05) is 10.2 Å².